The molecule has 1 heterocycles. The fourth-order valence-electron chi connectivity index (χ4n) is 3.37. The molecular formula is C19H30FN3O. The second kappa shape index (κ2) is 9.62. The molecule has 5 heteroatoms. The first-order valence-electron chi connectivity index (χ1n) is 9.10. The average molecular weight is 335 g/mol. The molecule has 1 aliphatic rings. The Kier molecular flexibility index (Phi) is 7.50. The number of aryl methyl sites for hydroxylation is 1. The molecule has 1 atom stereocenters. The number of piperidine rings is 1. The van der Waals surface area contributed by atoms with Gasteiger partial charge in [-0.25, -0.2) is 4.39 Å². The standard InChI is InChI=1S/C19H30FN3O/c1-15-13-16(20)9-10-18(15)23-12-6-7-17(14-23)22-19(24)8-4-2-3-5-11-21/h9-10,13,17H,2-8,11-12,14,21H2,1H3,(H,22,24). The molecule has 0 saturated carbocycles. The van der Waals surface area contributed by atoms with E-state index in [0.717, 1.165) is 69.4 Å². The molecule has 2 rings (SSSR count). The van der Waals surface area contributed by atoms with Crippen molar-refractivity contribution in [3.05, 3.63) is 29.6 Å². The number of amides is 1. The first kappa shape index (κ1) is 18.7. The fourth-order valence-corrected chi connectivity index (χ4v) is 3.37. The van der Waals surface area contributed by atoms with Crippen LogP contribution in [0.15, 0.2) is 18.2 Å². The molecule has 1 amide bonds. The van der Waals surface area contributed by atoms with E-state index in [1.165, 1.54) is 6.07 Å². The summed E-state index contributed by atoms with van der Waals surface area (Å²) in [6, 6.07) is 5.09. The maximum atomic E-state index is 13.3. The Morgan fingerprint density at radius 3 is 2.88 bits per heavy atom. The lowest BCUT2D eigenvalue weighted by molar-refractivity contribution is -0.122. The highest BCUT2D eigenvalue weighted by atomic mass is 19.1. The van der Waals surface area contributed by atoms with E-state index >= 15 is 0 Å². The number of anilines is 1. The van der Waals surface area contributed by atoms with Gasteiger partial charge < -0.3 is 16.0 Å². The molecule has 0 radical (unpaired) electrons. The van der Waals surface area contributed by atoms with Crippen LogP contribution in [0, 0.1) is 12.7 Å². The Morgan fingerprint density at radius 1 is 1.33 bits per heavy atom. The number of carbonyl (C=O) groups is 1. The third-order valence-corrected chi connectivity index (χ3v) is 4.64. The minimum atomic E-state index is -0.201. The Hall–Kier alpha value is -1.62. The van der Waals surface area contributed by atoms with E-state index in [0.29, 0.717) is 6.42 Å². The maximum Gasteiger partial charge on any atom is 0.220 e. The SMILES string of the molecule is Cc1cc(F)ccc1N1CCCC(NC(=O)CCCCCCN)C1. The van der Waals surface area contributed by atoms with Gasteiger partial charge in [-0.05, 0) is 62.9 Å². The molecule has 1 aliphatic heterocycles. The lowest BCUT2D eigenvalue weighted by atomic mass is 10.0. The zero-order valence-electron chi connectivity index (χ0n) is 14.7. The number of hydrogen-bond acceptors (Lipinski definition) is 3. The van der Waals surface area contributed by atoms with Crippen molar-refractivity contribution < 1.29 is 9.18 Å². The summed E-state index contributed by atoms with van der Waals surface area (Å²) in [5.74, 6) is -0.0572. The number of nitrogens with two attached hydrogens (primary N) is 1. The molecule has 0 bridgehead atoms. The lowest BCUT2D eigenvalue weighted by Gasteiger charge is -2.35. The predicted octanol–water partition coefficient (Wildman–Crippen LogP) is 3.13. The van der Waals surface area contributed by atoms with Crippen LogP contribution in [0.25, 0.3) is 0 Å². The Balaban J connectivity index is 1.79. The highest BCUT2D eigenvalue weighted by Gasteiger charge is 2.22. The van der Waals surface area contributed by atoms with Crippen molar-refractivity contribution in [1.29, 1.82) is 0 Å². The van der Waals surface area contributed by atoms with Crippen molar-refractivity contribution in [3.63, 3.8) is 0 Å². The monoisotopic (exact) mass is 335 g/mol. The van der Waals surface area contributed by atoms with E-state index in [1.54, 1.807) is 6.07 Å². The molecule has 1 aromatic rings. The minimum Gasteiger partial charge on any atom is -0.369 e. The first-order valence-corrected chi connectivity index (χ1v) is 9.10. The number of nitrogens with one attached hydrogen (secondary N) is 1. The first-order chi connectivity index (χ1) is 11.6. The second-order valence-electron chi connectivity index (χ2n) is 6.74. The van der Waals surface area contributed by atoms with Gasteiger partial charge in [0, 0.05) is 31.2 Å². The van der Waals surface area contributed by atoms with Gasteiger partial charge in [-0.1, -0.05) is 12.8 Å². The van der Waals surface area contributed by atoms with Crippen LogP contribution in [-0.2, 0) is 4.79 Å². The third-order valence-electron chi connectivity index (χ3n) is 4.64. The normalized spacial score (nSPS) is 17.8. The van der Waals surface area contributed by atoms with Gasteiger partial charge in [0.15, 0.2) is 0 Å². The molecular weight excluding hydrogens is 305 g/mol. The molecule has 0 spiro atoms. The second-order valence-corrected chi connectivity index (χ2v) is 6.74. The topological polar surface area (TPSA) is 58.4 Å². The summed E-state index contributed by atoms with van der Waals surface area (Å²) >= 11 is 0. The van der Waals surface area contributed by atoms with Crippen LogP contribution in [-0.4, -0.2) is 31.6 Å². The Bertz CT molecular complexity index is 535. The summed E-state index contributed by atoms with van der Waals surface area (Å²) in [5.41, 5.74) is 7.48. The number of rotatable bonds is 8. The van der Waals surface area contributed by atoms with Gasteiger partial charge in [-0.2, -0.15) is 0 Å². The van der Waals surface area contributed by atoms with Crippen LogP contribution in [0.2, 0.25) is 0 Å². The molecule has 1 fully saturated rings. The van der Waals surface area contributed by atoms with Crippen molar-refractivity contribution in [2.75, 3.05) is 24.5 Å². The van der Waals surface area contributed by atoms with E-state index in [1.807, 2.05) is 13.0 Å². The zero-order chi connectivity index (χ0) is 17.4. The van der Waals surface area contributed by atoms with Crippen molar-refractivity contribution >= 4 is 11.6 Å². The van der Waals surface area contributed by atoms with Crippen molar-refractivity contribution in [2.45, 2.75) is 57.9 Å². The number of benzene rings is 1. The van der Waals surface area contributed by atoms with Crippen molar-refractivity contribution in [1.82, 2.24) is 5.32 Å². The maximum absolute atomic E-state index is 13.3. The predicted molar refractivity (Wildman–Crippen MR) is 96.7 cm³/mol. The molecule has 1 aromatic carbocycles. The number of unbranched alkanes of at least 4 members (excludes halogenated alkanes) is 3. The zero-order valence-corrected chi connectivity index (χ0v) is 14.7. The minimum absolute atomic E-state index is 0.144. The quantitative estimate of drug-likeness (QED) is 0.718. The van der Waals surface area contributed by atoms with Crippen molar-refractivity contribution in [2.24, 2.45) is 5.73 Å². The van der Waals surface area contributed by atoms with Gasteiger partial charge in [0.25, 0.3) is 0 Å². The Morgan fingerprint density at radius 2 is 2.12 bits per heavy atom. The molecule has 134 valence electrons. The summed E-state index contributed by atoms with van der Waals surface area (Å²) in [6.45, 7) is 4.41. The summed E-state index contributed by atoms with van der Waals surface area (Å²) in [5, 5.41) is 3.16. The smallest absolute Gasteiger partial charge is 0.220 e. The molecule has 4 nitrogen and oxygen atoms in total. The molecule has 24 heavy (non-hydrogen) atoms. The largest absolute Gasteiger partial charge is 0.369 e. The number of nitrogens with zero attached hydrogens (tertiary/aromatic N) is 1. The number of hydrogen-bond donors (Lipinski definition) is 2. The van der Waals surface area contributed by atoms with Gasteiger partial charge in [-0.15, -0.1) is 0 Å². The van der Waals surface area contributed by atoms with Gasteiger partial charge in [0.05, 0.1) is 0 Å². The van der Waals surface area contributed by atoms with Crippen LogP contribution < -0.4 is 16.0 Å². The van der Waals surface area contributed by atoms with Gasteiger partial charge in [0.2, 0.25) is 5.91 Å². The molecule has 0 aliphatic carbocycles. The van der Waals surface area contributed by atoms with Crippen molar-refractivity contribution in [3.8, 4) is 0 Å². The number of carbonyl (C=O) groups excluding carboxylic acids is 1. The molecule has 1 unspecified atom stereocenters. The van der Waals surface area contributed by atoms with Gasteiger partial charge in [-0.3, -0.25) is 4.79 Å². The summed E-state index contributed by atoms with van der Waals surface area (Å²) in [7, 11) is 0. The molecule has 3 N–H and O–H groups in total. The summed E-state index contributed by atoms with van der Waals surface area (Å²) in [6.07, 6.45) is 6.78. The molecule has 0 aromatic heterocycles. The van der Waals surface area contributed by atoms with Crippen LogP contribution >= 0.6 is 0 Å². The van der Waals surface area contributed by atoms with Crippen LogP contribution in [0.5, 0.6) is 0 Å². The third kappa shape index (κ3) is 5.78. The number of halogens is 1. The van der Waals surface area contributed by atoms with Crippen LogP contribution in [0.1, 0.15) is 50.5 Å². The van der Waals surface area contributed by atoms with E-state index in [9.17, 15) is 9.18 Å². The fraction of sp³-hybridized carbons (Fsp3) is 0.632. The summed E-state index contributed by atoms with van der Waals surface area (Å²) < 4.78 is 13.3. The van der Waals surface area contributed by atoms with Gasteiger partial charge in [0.1, 0.15) is 5.82 Å². The summed E-state index contributed by atoms with van der Waals surface area (Å²) in [4.78, 5) is 14.3. The van der Waals surface area contributed by atoms with E-state index in [-0.39, 0.29) is 17.8 Å². The highest BCUT2D eigenvalue weighted by Crippen LogP contribution is 2.24. The highest BCUT2D eigenvalue weighted by molar-refractivity contribution is 5.76. The average Bonchev–Trinajstić information content (AvgIpc) is 2.55. The van der Waals surface area contributed by atoms with E-state index < -0.39 is 0 Å². The van der Waals surface area contributed by atoms with E-state index in [2.05, 4.69) is 10.2 Å². The van der Waals surface area contributed by atoms with Crippen LogP contribution in [0.4, 0.5) is 10.1 Å². The van der Waals surface area contributed by atoms with Gasteiger partial charge >= 0.3 is 0 Å². The van der Waals surface area contributed by atoms with E-state index in [4.69, 9.17) is 5.73 Å². The lowest BCUT2D eigenvalue weighted by Crippen LogP contribution is -2.48. The Labute approximate surface area is 144 Å². The van der Waals surface area contributed by atoms with Crippen LogP contribution in [0.3, 0.4) is 0 Å². The molecule has 1 saturated heterocycles.